The minimum absolute atomic E-state index is 0.139. The average Bonchev–Trinajstić information content (AvgIpc) is 2.18. The SMILES string of the molecule is CCCCCC(C)CCCC(C)C(C)O. The van der Waals surface area contributed by atoms with Gasteiger partial charge in [-0.05, 0) is 25.2 Å². The fraction of sp³-hybridized carbons (Fsp3) is 1.00. The zero-order valence-corrected chi connectivity index (χ0v) is 11.1. The van der Waals surface area contributed by atoms with Gasteiger partial charge in [0.2, 0.25) is 0 Å². The lowest BCUT2D eigenvalue weighted by Gasteiger charge is -2.16. The summed E-state index contributed by atoms with van der Waals surface area (Å²) >= 11 is 0. The van der Waals surface area contributed by atoms with Gasteiger partial charge in [0.05, 0.1) is 6.10 Å². The minimum Gasteiger partial charge on any atom is -0.393 e. The van der Waals surface area contributed by atoms with E-state index in [1.54, 1.807) is 0 Å². The standard InChI is InChI=1S/C14H30O/c1-5-6-7-9-12(2)10-8-11-13(3)14(4)15/h12-15H,5-11H2,1-4H3. The molecule has 1 nitrogen and oxygen atoms in total. The maximum atomic E-state index is 9.36. The van der Waals surface area contributed by atoms with Gasteiger partial charge in [0, 0.05) is 0 Å². The highest BCUT2D eigenvalue weighted by molar-refractivity contribution is 4.61. The molecule has 0 aromatic heterocycles. The van der Waals surface area contributed by atoms with Gasteiger partial charge in [-0.25, -0.2) is 0 Å². The molecular formula is C14H30O. The van der Waals surface area contributed by atoms with E-state index in [9.17, 15) is 5.11 Å². The van der Waals surface area contributed by atoms with Crippen LogP contribution in [0.2, 0.25) is 0 Å². The van der Waals surface area contributed by atoms with Gasteiger partial charge in [-0.3, -0.25) is 0 Å². The Kier molecular flexibility index (Phi) is 9.18. The van der Waals surface area contributed by atoms with Crippen molar-refractivity contribution in [2.24, 2.45) is 11.8 Å². The van der Waals surface area contributed by atoms with E-state index in [0.29, 0.717) is 5.92 Å². The highest BCUT2D eigenvalue weighted by Crippen LogP contribution is 2.19. The molecule has 0 radical (unpaired) electrons. The smallest absolute Gasteiger partial charge is 0.0537 e. The van der Waals surface area contributed by atoms with Gasteiger partial charge in [0.15, 0.2) is 0 Å². The monoisotopic (exact) mass is 214 g/mol. The van der Waals surface area contributed by atoms with Crippen molar-refractivity contribution in [2.75, 3.05) is 0 Å². The zero-order chi connectivity index (χ0) is 11.7. The van der Waals surface area contributed by atoms with Gasteiger partial charge in [-0.15, -0.1) is 0 Å². The maximum Gasteiger partial charge on any atom is 0.0537 e. The Labute approximate surface area is 96.3 Å². The Balaban J connectivity index is 3.34. The lowest BCUT2D eigenvalue weighted by atomic mass is 9.93. The van der Waals surface area contributed by atoms with Crippen molar-refractivity contribution in [3.8, 4) is 0 Å². The molecule has 0 amide bonds. The third-order valence-corrected chi connectivity index (χ3v) is 3.48. The molecule has 3 atom stereocenters. The number of rotatable bonds is 9. The van der Waals surface area contributed by atoms with Crippen molar-refractivity contribution < 1.29 is 5.11 Å². The van der Waals surface area contributed by atoms with E-state index in [2.05, 4.69) is 20.8 Å². The van der Waals surface area contributed by atoms with E-state index in [1.807, 2.05) is 6.92 Å². The quantitative estimate of drug-likeness (QED) is 0.564. The molecule has 0 fully saturated rings. The van der Waals surface area contributed by atoms with Crippen molar-refractivity contribution in [2.45, 2.75) is 78.7 Å². The third-order valence-electron chi connectivity index (χ3n) is 3.48. The molecule has 0 heterocycles. The number of aliphatic hydroxyl groups is 1. The van der Waals surface area contributed by atoms with Gasteiger partial charge < -0.3 is 5.11 Å². The van der Waals surface area contributed by atoms with Crippen LogP contribution in [0.3, 0.4) is 0 Å². The fourth-order valence-corrected chi connectivity index (χ4v) is 1.92. The van der Waals surface area contributed by atoms with Crippen LogP contribution in [0, 0.1) is 11.8 Å². The lowest BCUT2D eigenvalue weighted by molar-refractivity contribution is 0.127. The van der Waals surface area contributed by atoms with Crippen LogP contribution >= 0.6 is 0 Å². The van der Waals surface area contributed by atoms with E-state index in [-0.39, 0.29) is 6.10 Å². The van der Waals surface area contributed by atoms with E-state index in [4.69, 9.17) is 0 Å². The molecule has 1 N–H and O–H groups in total. The molecule has 0 aliphatic carbocycles. The summed E-state index contributed by atoms with van der Waals surface area (Å²) in [7, 11) is 0. The number of unbranched alkanes of at least 4 members (excludes halogenated alkanes) is 2. The van der Waals surface area contributed by atoms with E-state index in [0.717, 1.165) is 5.92 Å². The molecule has 0 aromatic rings. The molecule has 1 heteroatoms. The largest absolute Gasteiger partial charge is 0.393 e. The second-order valence-corrected chi connectivity index (χ2v) is 5.25. The second-order valence-electron chi connectivity index (χ2n) is 5.25. The highest BCUT2D eigenvalue weighted by Gasteiger charge is 2.09. The first kappa shape index (κ1) is 15.0. The fourth-order valence-electron chi connectivity index (χ4n) is 1.92. The van der Waals surface area contributed by atoms with Crippen molar-refractivity contribution in [3.05, 3.63) is 0 Å². The summed E-state index contributed by atoms with van der Waals surface area (Å²) in [6.45, 7) is 8.67. The number of aliphatic hydroxyl groups excluding tert-OH is 1. The number of hydrogen-bond acceptors (Lipinski definition) is 1. The van der Waals surface area contributed by atoms with Gasteiger partial charge >= 0.3 is 0 Å². The summed E-state index contributed by atoms with van der Waals surface area (Å²) < 4.78 is 0. The normalized spacial score (nSPS) is 17.4. The van der Waals surface area contributed by atoms with Crippen LogP contribution in [0.4, 0.5) is 0 Å². The molecule has 0 bridgehead atoms. The summed E-state index contributed by atoms with van der Waals surface area (Å²) in [6, 6.07) is 0. The maximum absolute atomic E-state index is 9.36. The molecule has 0 aliphatic heterocycles. The molecule has 0 spiro atoms. The predicted octanol–water partition coefficient (Wildman–Crippen LogP) is 4.39. The summed E-state index contributed by atoms with van der Waals surface area (Å²) in [4.78, 5) is 0. The summed E-state index contributed by atoms with van der Waals surface area (Å²) in [5, 5.41) is 9.36. The van der Waals surface area contributed by atoms with Crippen LogP contribution in [0.1, 0.15) is 72.6 Å². The van der Waals surface area contributed by atoms with Crippen molar-refractivity contribution in [1.29, 1.82) is 0 Å². The zero-order valence-electron chi connectivity index (χ0n) is 11.1. The lowest BCUT2D eigenvalue weighted by Crippen LogP contribution is -2.13. The Morgan fingerprint density at radius 2 is 1.47 bits per heavy atom. The first-order valence-electron chi connectivity index (χ1n) is 6.76. The first-order chi connectivity index (χ1) is 7.07. The minimum atomic E-state index is -0.139. The van der Waals surface area contributed by atoms with Gasteiger partial charge in [-0.2, -0.15) is 0 Å². The van der Waals surface area contributed by atoms with Crippen molar-refractivity contribution in [1.82, 2.24) is 0 Å². The van der Waals surface area contributed by atoms with Gasteiger partial charge in [0.25, 0.3) is 0 Å². The first-order valence-corrected chi connectivity index (χ1v) is 6.76. The summed E-state index contributed by atoms with van der Waals surface area (Å²) in [5.74, 6) is 1.34. The van der Waals surface area contributed by atoms with Crippen LogP contribution in [-0.4, -0.2) is 11.2 Å². The molecule has 15 heavy (non-hydrogen) atoms. The van der Waals surface area contributed by atoms with Crippen LogP contribution < -0.4 is 0 Å². The second kappa shape index (κ2) is 9.21. The van der Waals surface area contributed by atoms with Crippen molar-refractivity contribution >= 4 is 0 Å². The van der Waals surface area contributed by atoms with Crippen LogP contribution in [-0.2, 0) is 0 Å². The van der Waals surface area contributed by atoms with E-state index >= 15 is 0 Å². The summed E-state index contributed by atoms with van der Waals surface area (Å²) in [5.41, 5.74) is 0. The molecule has 0 saturated heterocycles. The Bertz CT molecular complexity index is 131. The molecule has 92 valence electrons. The molecule has 3 unspecified atom stereocenters. The average molecular weight is 214 g/mol. The number of hydrogen-bond donors (Lipinski definition) is 1. The van der Waals surface area contributed by atoms with Crippen LogP contribution in [0.25, 0.3) is 0 Å². The van der Waals surface area contributed by atoms with Crippen molar-refractivity contribution in [3.63, 3.8) is 0 Å². The molecule has 0 rings (SSSR count). The van der Waals surface area contributed by atoms with Crippen LogP contribution in [0.5, 0.6) is 0 Å². The Morgan fingerprint density at radius 3 is 2.00 bits per heavy atom. The Hall–Kier alpha value is -0.0400. The topological polar surface area (TPSA) is 20.2 Å². The molecule has 0 saturated carbocycles. The van der Waals surface area contributed by atoms with E-state index < -0.39 is 0 Å². The molecule has 0 aromatic carbocycles. The van der Waals surface area contributed by atoms with Gasteiger partial charge in [-0.1, -0.05) is 59.3 Å². The van der Waals surface area contributed by atoms with Crippen LogP contribution in [0.15, 0.2) is 0 Å². The third kappa shape index (κ3) is 8.92. The highest BCUT2D eigenvalue weighted by atomic mass is 16.3. The molecular weight excluding hydrogens is 184 g/mol. The molecule has 0 aliphatic rings. The Morgan fingerprint density at radius 1 is 0.867 bits per heavy atom. The van der Waals surface area contributed by atoms with Gasteiger partial charge in [0.1, 0.15) is 0 Å². The van der Waals surface area contributed by atoms with E-state index in [1.165, 1.54) is 44.9 Å². The predicted molar refractivity (Wildman–Crippen MR) is 68.0 cm³/mol. The summed E-state index contributed by atoms with van der Waals surface area (Å²) in [6.07, 6.45) is 9.14.